The van der Waals surface area contributed by atoms with Gasteiger partial charge in [-0.3, -0.25) is 9.67 Å². The van der Waals surface area contributed by atoms with Gasteiger partial charge in [-0.2, -0.15) is 22.6 Å². The largest absolute Gasteiger partial charge is 0.511 e. The summed E-state index contributed by atoms with van der Waals surface area (Å²) in [6, 6.07) is 0. The molecule has 2 heterocycles. The van der Waals surface area contributed by atoms with Crippen molar-refractivity contribution >= 4 is 16.0 Å². The lowest BCUT2D eigenvalue weighted by molar-refractivity contribution is -0.0496. The van der Waals surface area contributed by atoms with E-state index >= 15 is 0 Å². The molecule has 160 valence electrons. The van der Waals surface area contributed by atoms with Gasteiger partial charge in [0, 0.05) is 46.5 Å². The number of guanidine groups is 1. The quantitative estimate of drug-likeness (QED) is 0.388. The molecule has 1 aromatic rings. The monoisotopic (exact) mass is 424 g/mol. The number of aliphatic imine (C=N–C) groups is 1. The van der Waals surface area contributed by atoms with Crippen molar-refractivity contribution in [2.24, 2.45) is 18.0 Å². The lowest BCUT2D eigenvalue weighted by Gasteiger charge is -2.31. The summed E-state index contributed by atoms with van der Waals surface area (Å²) in [5.41, 5.74) is -4.08. The number of alkyl halides is 3. The van der Waals surface area contributed by atoms with Crippen LogP contribution in [0.25, 0.3) is 0 Å². The second kappa shape index (κ2) is 9.59. The molecule has 2 N–H and O–H groups in total. The number of nitrogens with one attached hydrogen (secondary N) is 2. The minimum atomic E-state index is -5.24. The predicted molar refractivity (Wildman–Crippen MR) is 100 cm³/mol. The van der Waals surface area contributed by atoms with E-state index in [1.165, 1.54) is 0 Å². The first-order valence-corrected chi connectivity index (χ1v) is 10.6. The van der Waals surface area contributed by atoms with Crippen LogP contribution in [0.5, 0.6) is 0 Å². The Kier molecular flexibility index (Phi) is 7.70. The van der Waals surface area contributed by atoms with Crippen molar-refractivity contribution in [3.05, 3.63) is 18.0 Å². The van der Waals surface area contributed by atoms with E-state index in [0.29, 0.717) is 29.7 Å². The maximum absolute atomic E-state index is 12.6. The Morgan fingerprint density at radius 2 is 2.00 bits per heavy atom. The standard InChI is InChI=1S/C16H27F3N6O2S/c1-20-15(21-7-3-4-14-11-23-24(2)12-14)22-10-13-5-8-25(9-6-13)28(26,27)16(17,18)19/h11-13H,3-10H2,1-2H3,(H2,20,21,22). The van der Waals surface area contributed by atoms with Crippen LogP contribution in [0.2, 0.25) is 0 Å². The number of piperidine rings is 1. The fourth-order valence-corrected chi connectivity index (χ4v) is 4.05. The van der Waals surface area contributed by atoms with E-state index in [-0.39, 0.29) is 19.0 Å². The number of aromatic nitrogens is 2. The van der Waals surface area contributed by atoms with E-state index in [0.717, 1.165) is 24.9 Å². The summed E-state index contributed by atoms with van der Waals surface area (Å²) in [5, 5.41) is 10.5. The van der Waals surface area contributed by atoms with Gasteiger partial charge in [-0.1, -0.05) is 0 Å². The lowest BCUT2D eigenvalue weighted by atomic mass is 9.98. The van der Waals surface area contributed by atoms with E-state index in [2.05, 4.69) is 20.7 Å². The van der Waals surface area contributed by atoms with Crippen LogP contribution in [0.3, 0.4) is 0 Å². The van der Waals surface area contributed by atoms with Crippen LogP contribution in [0, 0.1) is 5.92 Å². The second-order valence-corrected chi connectivity index (χ2v) is 8.73. The molecule has 0 radical (unpaired) electrons. The molecule has 1 aromatic heterocycles. The molecule has 8 nitrogen and oxygen atoms in total. The van der Waals surface area contributed by atoms with Crippen LogP contribution in [0.1, 0.15) is 24.8 Å². The van der Waals surface area contributed by atoms with Crippen molar-refractivity contribution in [2.75, 3.05) is 33.2 Å². The molecule has 12 heteroatoms. The smallest absolute Gasteiger partial charge is 0.356 e. The van der Waals surface area contributed by atoms with Gasteiger partial charge >= 0.3 is 15.5 Å². The van der Waals surface area contributed by atoms with Gasteiger partial charge in [0.25, 0.3) is 0 Å². The first kappa shape index (κ1) is 22.5. The summed E-state index contributed by atoms with van der Waals surface area (Å²) in [6.45, 7) is 1.01. The summed E-state index contributed by atoms with van der Waals surface area (Å²) in [6.07, 6.45) is 6.35. The van der Waals surface area contributed by atoms with Crippen molar-refractivity contribution in [3.8, 4) is 0 Å². The van der Waals surface area contributed by atoms with E-state index in [1.54, 1.807) is 11.7 Å². The summed E-state index contributed by atoms with van der Waals surface area (Å²) in [7, 11) is -1.70. The van der Waals surface area contributed by atoms with Crippen LogP contribution in [0.15, 0.2) is 17.4 Å². The third-order valence-corrected chi connectivity index (χ3v) is 6.31. The molecule has 0 aromatic carbocycles. The zero-order valence-electron chi connectivity index (χ0n) is 16.0. The minimum absolute atomic E-state index is 0.0913. The Morgan fingerprint density at radius 3 is 2.54 bits per heavy atom. The molecule has 0 atom stereocenters. The van der Waals surface area contributed by atoms with Crippen molar-refractivity contribution in [3.63, 3.8) is 0 Å². The van der Waals surface area contributed by atoms with Gasteiger partial charge in [-0.25, -0.2) is 8.42 Å². The number of nitrogens with zero attached hydrogens (tertiary/aromatic N) is 4. The Labute approximate surface area is 163 Å². The van der Waals surface area contributed by atoms with Crippen molar-refractivity contribution < 1.29 is 21.6 Å². The van der Waals surface area contributed by atoms with Crippen LogP contribution in [-0.2, 0) is 23.5 Å². The van der Waals surface area contributed by atoms with Crippen molar-refractivity contribution in [1.82, 2.24) is 24.7 Å². The number of hydrogen-bond acceptors (Lipinski definition) is 4. The van der Waals surface area contributed by atoms with Gasteiger partial charge in [0.05, 0.1) is 6.20 Å². The topological polar surface area (TPSA) is 91.6 Å². The predicted octanol–water partition coefficient (Wildman–Crippen LogP) is 1.08. The molecule has 1 fully saturated rings. The van der Waals surface area contributed by atoms with Crippen LogP contribution in [0.4, 0.5) is 13.2 Å². The number of rotatable bonds is 7. The average molecular weight is 424 g/mol. The fraction of sp³-hybridized carbons (Fsp3) is 0.750. The second-order valence-electron chi connectivity index (χ2n) is 6.80. The van der Waals surface area contributed by atoms with Crippen molar-refractivity contribution in [1.29, 1.82) is 0 Å². The highest BCUT2D eigenvalue weighted by Gasteiger charge is 2.50. The number of aryl methyl sites for hydroxylation is 2. The molecule has 0 bridgehead atoms. The first-order chi connectivity index (χ1) is 13.1. The Balaban J connectivity index is 1.67. The molecule has 0 aliphatic carbocycles. The Bertz CT molecular complexity index is 755. The molecule has 1 aliphatic rings. The van der Waals surface area contributed by atoms with Crippen LogP contribution in [-0.4, -0.2) is 67.2 Å². The number of halogens is 3. The molecular weight excluding hydrogens is 397 g/mol. The van der Waals surface area contributed by atoms with E-state index in [4.69, 9.17) is 0 Å². The fourth-order valence-electron chi connectivity index (χ4n) is 3.06. The normalized spacial score (nSPS) is 17.7. The van der Waals surface area contributed by atoms with Crippen LogP contribution < -0.4 is 10.6 Å². The summed E-state index contributed by atoms with van der Waals surface area (Å²) in [5.74, 6) is 0.713. The molecule has 28 heavy (non-hydrogen) atoms. The number of hydrogen-bond donors (Lipinski definition) is 2. The molecular formula is C16H27F3N6O2S. The minimum Gasteiger partial charge on any atom is -0.356 e. The number of sulfonamides is 1. The maximum atomic E-state index is 12.6. The van der Waals surface area contributed by atoms with Gasteiger partial charge in [0.15, 0.2) is 5.96 Å². The molecule has 1 saturated heterocycles. The van der Waals surface area contributed by atoms with Crippen LogP contribution >= 0.6 is 0 Å². The summed E-state index contributed by atoms with van der Waals surface area (Å²) >= 11 is 0. The highest BCUT2D eigenvalue weighted by Crippen LogP contribution is 2.30. The third-order valence-electron chi connectivity index (χ3n) is 4.68. The highest BCUT2D eigenvalue weighted by atomic mass is 32.2. The third kappa shape index (κ3) is 6.09. The van der Waals surface area contributed by atoms with Gasteiger partial charge in [-0.15, -0.1) is 0 Å². The molecule has 0 saturated carbocycles. The highest BCUT2D eigenvalue weighted by molar-refractivity contribution is 7.90. The van der Waals surface area contributed by atoms with Gasteiger partial charge < -0.3 is 10.6 Å². The molecule has 0 amide bonds. The van der Waals surface area contributed by atoms with E-state index < -0.39 is 15.5 Å². The zero-order chi connectivity index (χ0) is 20.8. The van der Waals surface area contributed by atoms with Gasteiger partial charge in [-0.05, 0) is 37.2 Å². The first-order valence-electron chi connectivity index (χ1n) is 9.12. The SMILES string of the molecule is CN=C(NCCCc1cnn(C)c1)NCC1CCN(S(=O)(=O)C(F)(F)F)CC1. The molecule has 0 spiro atoms. The summed E-state index contributed by atoms with van der Waals surface area (Å²) in [4.78, 5) is 4.13. The average Bonchev–Trinajstić information content (AvgIpc) is 3.05. The molecule has 0 unspecified atom stereocenters. The zero-order valence-corrected chi connectivity index (χ0v) is 16.9. The van der Waals surface area contributed by atoms with Gasteiger partial charge in [0.2, 0.25) is 0 Å². The van der Waals surface area contributed by atoms with E-state index in [9.17, 15) is 21.6 Å². The molecule has 1 aliphatic heterocycles. The van der Waals surface area contributed by atoms with Gasteiger partial charge in [0.1, 0.15) is 0 Å². The molecule has 2 rings (SSSR count). The van der Waals surface area contributed by atoms with E-state index in [1.807, 2.05) is 19.4 Å². The van der Waals surface area contributed by atoms with Crippen molar-refractivity contribution in [2.45, 2.75) is 31.2 Å². The lowest BCUT2D eigenvalue weighted by Crippen LogP contribution is -2.47. The Morgan fingerprint density at radius 1 is 1.32 bits per heavy atom. The Hall–Kier alpha value is -1.82. The maximum Gasteiger partial charge on any atom is 0.511 e. The summed E-state index contributed by atoms with van der Waals surface area (Å²) < 4.78 is 62.9.